The fraction of sp³-hybridized carbons (Fsp3) is 0.364. The SMILES string of the molecule is COCCNC(=S)NCc1cc(F)ccc1F. The minimum Gasteiger partial charge on any atom is -0.383 e. The van der Waals surface area contributed by atoms with E-state index in [4.69, 9.17) is 17.0 Å². The maximum absolute atomic E-state index is 13.2. The first-order valence-corrected chi connectivity index (χ1v) is 5.49. The van der Waals surface area contributed by atoms with Gasteiger partial charge in [-0.1, -0.05) is 0 Å². The third-order valence-electron chi connectivity index (χ3n) is 2.04. The second kappa shape index (κ2) is 7.13. The van der Waals surface area contributed by atoms with Crippen molar-refractivity contribution in [1.29, 1.82) is 0 Å². The first-order chi connectivity index (χ1) is 8.13. The Balaban J connectivity index is 2.39. The molecule has 0 radical (unpaired) electrons. The fourth-order valence-corrected chi connectivity index (χ4v) is 1.36. The summed E-state index contributed by atoms with van der Waals surface area (Å²) in [5.74, 6) is -0.931. The Bertz CT molecular complexity index is 388. The van der Waals surface area contributed by atoms with E-state index >= 15 is 0 Å². The van der Waals surface area contributed by atoms with Gasteiger partial charge in [-0.25, -0.2) is 8.78 Å². The van der Waals surface area contributed by atoms with Gasteiger partial charge in [0, 0.05) is 25.8 Å². The summed E-state index contributed by atoms with van der Waals surface area (Å²) in [5.41, 5.74) is 0.237. The molecule has 0 aliphatic carbocycles. The van der Waals surface area contributed by atoms with Crippen LogP contribution in [0.3, 0.4) is 0 Å². The molecule has 0 spiro atoms. The van der Waals surface area contributed by atoms with E-state index in [1.54, 1.807) is 7.11 Å². The van der Waals surface area contributed by atoms with E-state index < -0.39 is 11.6 Å². The van der Waals surface area contributed by atoms with Gasteiger partial charge in [0.05, 0.1) is 6.61 Å². The number of ether oxygens (including phenoxy) is 1. The Morgan fingerprint density at radius 1 is 1.35 bits per heavy atom. The average molecular weight is 260 g/mol. The first kappa shape index (κ1) is 13.8. The summed E-state index contributed by atoms with van der Waals surface area (Å²) in [4.78, 5) is 0. The number of rotatable bonds is 5. The monoisotopic (exact) mass is 260 g/mol. The largest absolute Gasteiger partial charge is 0.383 e. The van der Waals surface area contributed by atoms with E-state index in [0.29, 0.717) is 18.3 Å². The Kier molecular flexibility index (Phi) is 5.79. The second-order valence-corrected chi connectivity index (χ2v) is 3.75. The van der Waals surface area contributed by atoms with Gasteiger partial charge >= 0.3 is 0 Å². The van der Waals surface area contributed by atoms with Crippen LogP contribution in [0.15, 0.2) is 18.2 Å². The normalized spacial score (nSPS) is 10.1. The van der Waals surface area contributed by atoms with Crippen molar-refractivity contribution >= 4 is 17.3 Å². The molecule has 0 saturated heterocycles. The standard InChI is InChI=1S/C11H14F2N2OS/c1-16-5-4-14-11(17)15-7-8-6-9(12)2-3-10(8)13/h2-3,6H,4-5,7H2,1H3,(H2,14,15,17). The maximum atomic E-state index is 13.2. The number of benzene rings is 1. The predicted molar refractivity (Wildman–Crippen MR) is 65.7 cm³/mol. The zero-order chi connectivity index (χ0) is 12.7. The lowest BCUT2D eigenvalue weighted by Crippen LogP contribution is -2.36. The fourth-order valence-electron chi connectivity index (χ4n) is 1.18. The Hall–Kier alpha value is -1.27. The van der Waals surface area contributed by atoms with Crippen LogP contribution in [-0.2, 0) is 11.3 Å². The minimum absolute atomic E-state index is 0.141. The molecule has 3 nitrogen and oxygen atoms in total. The van der Waals surface area contributed by atoms with Crippen LogP contribution in [-0.4, -0.2) is 25.4 Å². The van der Waals surface area contributed by atoms with Gasteiger partial charge in [0.2, 0.25) is 0 Å². The molecule has 1 rings (SSSR count). The highest BCUT2D eigenvalue weighted by atomic mass is 32.1. The van der Waals surface area contributed by atoms with Gasteiger partial charge in [0.15, 0.2) is 5.11 Å². The molecule has 94 valence electrons. The van der Waals surface area contributed by atoms with Crippen molar-refractivity contribution in [3.05, 3.63) is 35.4 Å². The topological polar surface area (TPSA) is 33.3 Å². The zero-order valence-corrected chi connectivity index (χ0v) is 10.2. The third-order valence-corrected chi connectivity index (χ3v) is 2.33. The highest BCUT2D eigenvalue weighted by molar-refractivity contribution is 7.80. The molecule has 1 aromatic carbocycles. The summed E-state index contributed by atoms with van der Waals surface area (Å²) >= 11 is 4.95. The highest BCUT2D eigenvalue weighted by Gasteiger charge is 2.04. The van der Waals surface area contributed by atoms with Crippen molar-refractivity contribution in [1.82, 2.24) is 10.6 Å². The van der Waals surface area contributed by atoms with E-state index in [1.807, 2.05) is 0 Å². The van der Waals surface area contributed by atoms with Crippen LogP contribution in [0.4, 0.5) is 8.78 Å². The highest BCUT2D eigenvalue weighted by Crippen LogP contribution is 2.08. The summed E-state index contributed by atoms with van der Waals surface area (Å²) in [6, 6.07) is 3.31. The number of methoxy groups -OCH3 is 1. The van der Waals surface area contributed by atoms with Crippen LogP contribution in [0.2, 0.25) is 0 Å². The zero-order valence-electron chi connectivity index (χ0n) is 9.43. The van der Waals surface area contributed by atoms with Gasteiger partial charge in [-0.2, -0.15) is 0 Å². The van der Waals surface area contributed by atoms with Crippen molar-refractivity contribution < 1.29 is 13.5 Å². The van der Waals surface area contributed by atoms with Crippen molar-refractivity contribution in [2.45, 2.75) is 6.54 Å². The number of thiocarbonyl (C=S) groups is 1. The van der Waals surface area contributed by atoms with E-state index in [1.165, 1.54) is 0 Å². The predicted octanol–water partition coefficient (Wildman–Crippen LogP) is 1.58. The summed E-state index contributed by atoms with van der Waals surface area (Å²) < 4.78 is 30.9. The molecule has 0 aliphatic rings. The van der Waals surface area contributed by atoms with Crippen LogP contribution in [0.1, 0.15) is 5.56 Å². The lowest BCUT2D eigenvalue weighted by Gasteiger charge is -2.10. The molecule has 0 saturated carbocycles. The molecule has 0 aromatic heterocycles. The molecule has 0 amide bonds. The molecule has 0 atom stereocenters. The molecule has 2 N–H and O–H groups in total. The molecular weight excluding hydrogens is 246 g/mol. The molecule has 6 heteroatoms. The van der Waals surface area contributed by atoms with Crippen LogP contribution in [0, 0.1) is 11.6 Å². The summed E-state index contributed by atoms with van der Waals surface area (Å²) in [7, 11) is 1.58. The third kappa shape index (κ3) is 5.06. The van der Waals surface area contributed by atoms with Gasteiger partial charge in [-0.05, 0) is 30.4 Å². The van der Waals surface area contributed by atoms with E-state index in [2.05, 4.69) is 10.6 Å². The van der Waals surface area contributed by atoms with E-state index in [9.17, 15) is 8.78 Å². The van der Waals surface area contributed by atoms with Crippen molar-refractivity contribution in [3.63, 3.8) is 0 Å². The van der Waals surface area contributed by atoms with Gasteiger partial charge in [0.25, 0.3) is 0 Å². The quantitative estimate of drug-likeness (QED) is 0.622. The number of hydrogen-bond acceptors (Lipinski definition) is 2. The van der Waals surface area contributed by atoms with Crippen molar-refractivity contribution in [2.75, 3.05) is 20.3 Å². The Morgan fingerprint density at radius 3 is 2.82 bits per heavy atom. The first-order valence-electron chi connectivity index (χ1n) is 5.08. The van der Waals surface area contributed by atoms with Gasteiger partial charge < -0.3 is 15.4 Å². The number of hydrogen-bond donors (Lipinski definition) is 2. The summed E-state index contributed by atoms with van der Waals surface area (Å²) in [5, 5.41) is 6.03. The summed E-state index contributed by atoms with van der Waals surface area (Å²) in [6.45, 7) is 1.23. The van der Waals surface area contributed by atoms with Crippen LogP contribution >= 0.6 is 12.2 Å². The smallest absolute Gasteiger partial charge is 0.166 e. The Labute approximate surface area is 104 Å². The van der Waals surface area contributed by atoms with E-state index in [0.717, 1.165) is 18.2 Å². The van der Waals surface area contributed by atoms with Gasteiger partial charge in [-0.15, -0.1) is 0 Å². The average Bonchev–Trinajstić information content (AvgIpc) is 2.31. The molecule has 0 bridgehead atoms. The molecule has 0 heterocycles. The molecular formula is C11H14F2N2OS. The van der Waals surface area contributed by atoms with Crippen LogP contribution in [0.5, 0.6) is 0 Å². The molecule has 0 unspecified atom stereocenters. The second-order valence-electron chi connectivity index (χ2n) is 3.34. The van der Waals surface area contributed by atoms with Crippen molar-refractivity contribution in [3.8, 4) is 0 Å². The van der Waals surface area contributed by atoms with Crippen molar-refractivity contribution in [2.24, 2.45) is 0 Å². The summed E-state index contributed by atoms with van der Waals surface area (Å²) in [6.07, 6.45) is 0. The van der Waals surface area contributed by atoms with Crippen LogP contribution < -0.4 is 10.6 Å². The minimum atomic E-state index is -0.471. The molecule has 17 heavy (non-hydrogen) atoms. The van der Waals surface area contributed by atoms with Gasteiger partial charge in [-0.3, -0.25) is 0 Å². The number of nitrogens with one attached hydrogen (secondary N) is 2. The number of halogens is 2. The van der Waals surface area contributed by atoms with E-state index in [-0.39, 0.29) is 12.1 Å². The maximum Gasteiger partial charge on any atom is 0.166 e. The van der Waals surface area contributed by atoms with Crippen LogP contribution in [0.25, 0.3) is 0 Å². The lowest BCUT2D eigenvalue weighted by atomic mass is 10.2. The molecule has 1 aromatic rings. The molecule has 0 aliphatic heterocycles. The molecule has 0 fully saturated rings. The van der Waals surface area contributed by atoms with Gasteiger partial charge in [0.1, 0.15) is 11.6 Å². The Morgan fingerprint density at radius 2 is 2.12 bits per heavy atom. The lowest BCUT2D eigenvalue weighted by molar-refractivity contribution is 0.204.